The van der Waals surface area contributed by atoms with Crippen LogP contribution in [0.1, 0.15) is 44.0 Å². The molecule has 1 unspecified atom stereocenters. The van der Waals surface area contributed by atoms with Crippen molar-refractivity contribution in [1.82, 2.24) is 4.72 Å². The molecule has 118 valence electrons. The predicted octanol–water partition coefficient (Wildman–Crippen LogP) is 1.96. The van der Waals surface area contributed by atoms with Crippen LogP contribution in [0.15, 0.2) is 29.2 Å². The van der Waals surface area contributed by atoms with Crippen LogP contribution in [-0.4, -0.2) is 32.0 Å². The topological polar surface area (TPSA) is 83.5 Å². The monoisotopic (exact) mass is 313 g/mol. The van der Waals surface area contributed by atoms with E-state index in [1.807, 2.05) is 13.8 Å². The Hall–Kier alpha value is -1.24. The number of ketones is 1. The summed E-state index contributed by atoms with van der Waals surface area (Å²) in [6.45, 7) is 5.43. The van der Waals surface area contributed by atoms with Gasteiger partial charge in [-0.05, 0) is 24.5 Å². The number of nitrogens with one attached hydrogen (secondary N) is 1. The molecule has 1 aromatic rings. The van der Waals surface area contributed by atoms with E-state index in [1.54, 1.807) is 19.1 Å². The average molecular weight is 313 g/mol. The lowest BCUT2D eigenvalue weighted by atomic mass is 10.0. The van der Waals surface area contributed by atoms with Crippen molar-refractivity contribution in [1.29, 1.82) is 0 Å². The minimum Gasteiger partial charge on any atom is -0.396 e. The van der Waals surface area contributed by atoms with Crippen LogP contribution in [0, 0.1) is 5.92 Å². The van der Waals surface area contributed by atoms with Crippen LogP contribution < -0.4 is 4.72 Å². The van der Waals surface area contributed by atoms with Gasteiger partial charge >= 0.3 is 0 Å². The highest BCUT2D eigenvalue weighted by Gasteiger charge is 2.22. The first-order chi connectivity index (χ1) is 9.81. The number of aliphatic hydroxyl groups is 1. The maximum Gasteiger partial charge on any atom is 0.240 e. The number of hydrogen-bond donors (Lipinski definition) is 2. The second-order valence-electron chi connectivity index (χ2n) is 5.29. The molecule has 0 aliphatic heterocycles. The third-order valence-corrected chi connectivity index (χ3v) is 4.83. The van der Waals surface area contributed by atoms with Crippen LogP contribution >= 0.6 is 0 Å². The smallest absolute Gasteiger partial charge is 0.240 e. The Labute approximate surface area is 126 Å². The predicted molar refractivity (Wildman–Crippen MR) is 81.7 cm³/mol. The summed E-state index contributed by atoms with van der Waals surface area (Å²) in [4.78, 5) is 11.8. The van der Waals surface area contributed by atoms with E-state index in [0.29, 0.717) is 18.4 Å². The van der Waals surface area contributed by atoms with Crippen molar-refractivity contribution in [2.45, 2.75) is 44.6 Å². The molecule has 21 heavy (non-hydrogen) atoms. The number of hydrogen-bond acceptors (Lipinski definition) is 4. The summed E-state index contributed by atoms with van der Waals surface area (Å²) < 4.78 is 27.4. The van der Waals surface area contributed by atoms with Gasteiger partial charge in [-0.3, -0.25) is 4.79 Å². The van der Waals surface area contributed by atoms with E-state index in [1.165, 1.54) is 12.1 Å². The summed E-state index contributed by atoms with van der Waals surface area (Å²) >= 11 is 0. The standard InChI is InChI=1S/C15H23NO4S/c1-4-15(18)12-6-5-7-13(10-12)21(19,20)16-14(8-9-17)11(2)3/h5-7,10-11,14,16-17H,4,8-9H2,1-3H3. The van der Waals surface area contributed by atoms with E-state index in [9.17, 15) is 13.2 Å². The van der Waals surface area contributed by atoms with E-state index in [2.05, 4.69) is 4.72 Å². The Morgan fingerprint density at radius 1 is 1.33 bits per heavy atom. The van der Waals surface area contributed by atoms with Gasteiger partial charge in [-0.25, -0.2) is 13.1 Å². The van der Waals surface area contributed by atoms with Gasteiger partial charge in [0.2, 0.25) is 10.0 Å². The van der Waals surface area contributed by atoms with Crippen molar-refractivity contribution >= 4 is 15.8 Å². The van der Waals surface area contributed by atoms with Gasteiger partial charge < -0.3 is 5.11 Å². The van der Waals surface area contributed by atoms with Gasteiger partial charge in [0.05, 0.1) is 4.90 Å². The highest BCUT2D eigenvalue weighted by atomic mass is 32.2. The number of carbonyl (C=O) groups excluding carboxylic acids is 1. The zero-order valence-corrected chi connectivity index (χ0v) is 13.5. The van der Waals surface area contributed by atoms with Crippen molar-refractivity contribution in [2.24, 2.45) is 5.92 Å². The molecule has 1 aromatic carbocycles. The summed E-state index contributed by atoms with van der Waals surface area (Å²) in [5.74, 6) is -0.0322. The van der Waals surface area contributed by atoms with Crippen molar-refractivity contribution in [2.75, 3.05) is 6.61 Å². The molecule has 0 aromatic heterocycles. The van der Waals surface area contributed by atoms with Gasteiger partial charge in [-0.2, -0.15) is 0 Å². The largest absolute Gasteiger partial charge is 0.396 e. The van der Waals surface area contributed by atoms with Gasteiger partial charge in [0.15, 0.2) is 5.78 Å². The molecule has 0 saturated carbocycles. The van der Waals surface area contributed by atoms with Crippen LogP contribution in [0.4, 0.5) is 0 Å². The van der Waals surface area contributed by atoms with E-state index < -0.39 is 10.0 Å². The molecule has 0 spiro atoms. The number of benzene rings is 1. The minimum absolute atomic E-state index is 0.0624. The van der Waals surface area contributed by atoms with E-state index in [0.717, 1.165) is 0 Å². The zero-order valence-electron chi connectivity index (χ0n) is 12.7. The van der Waals surface area contributed by atoms with Crippen LogP contribution in [0.2, 0.25) is 0 Å². The maximum absolute atomic E-state index is 12.4. The second-order valence-corrected chi connectivity index (χ2v) is 7.00. The molecule has 6 heteroatoms. The highest BCUT2D eigenvalue weighted by molar-refractivity contribution is 7.89. The van der Waals surface area contributed by atoms with Crippen LogP contribution in [0.3, 0.4) is 0 Å². The molecule has 0 fully saturated rings. The number of aliphatic hydroxyl groups excluding tert-OH is 1. The van der Waals surface area contributed by atoms with E-state index in [-0.39, 0.29) is 29.2 Å². The Morgan fingerprint density at radius 3 is 2.52 bits per heavy atom. The summed E-state index contributed by atoms with van der Waals surface area (Å²) in [5.41, 5.74) is 0.392. The van der Waals surface area contributed by atoms with Gasteiger partial charge in [-0.1, -0.05) is 32.9 Å². The van der Waals surface area contributed by atoms with Crippen LogP contribution in [0.25, 0.3) is 0 Å². The zero-order chi connectivity index (χ0) is 16.0. The molecule has 0 heterocycles. The van der Waals surface area contributed by atoms with Crippen LogP contribution in [0.5, 0.6) is 0 Å². The number of rotatable bonds is 8. The SMILES string of the molecule is CCC(=O)c1cccc(S(=O)(=O)NC(CCO)C(C)C)c1. The minimum atomic E-state index is -3.70. The Bertz CT molecular complexity index is 581. The molecular formula is C15H23NO4S. The summed E-state index contributed by atoms with van der Waals surface area (Å²) in [6, 6.07) is 5.69. The summed E-state index contributed by atoms with van der Waals surface area (Å²) in [7, 11) is -3.70. The quantitative estimate of drug-likeness (QED) is 0.719. The van der Waals surface area contributed by atoms with Crippen molar-refractivity contribution in [3.05, 3.63) is 29.8 Å². The third-order valence-electron chi connectivity index (χ3n) is 3.34. The Kier molecular flexibility index (Phi) is 6.51. The fourth-order valence-electron chi connectivity index (χ4n) is 1.98. The van der Waals surface area contributed by atoms with Crippen LogP contribution in [-0.2, 0) is 10.0 Å². The van der Waals surface area contributed by atoms with Gasteiger partial charge in [-0.15, -0.1) is 0 Å². The first-order valence-electron chi connectivity index (χ1n) is 7.08. The summed E-state index contributed by atoms with van der Waals surface area (Å²) in [5, 5.41) is 9.02. The maximum atomic E-state index is 12.4. The fraction of sp³-hybridized carbons (Fsp3) is 0.533. The molecule has 2 N–H and O–H groups in total. The fourth-order valence-corrected chi connectivity index (χ4v) is 3.44. The lowest BCUT2D eigenvalue weighted by molar-refractivity contribution is 0.0988. The first kappa shape index (κ1) is 17.8. The number of carbonyl (C=O) groups is 1. The van der Waals surface area contributed by atoms with Gasteiger partial charge in [0.1, 0.15) is 0 Å². The molecule has 0 bridgehead atoms. The first-order valence-corrected chi connectivity index (χ1v) is 8.56. The molecule has 5 nitrogen and oxygen atoms in total. The van der Waals surface area contributed by atoms with Gasteiger partial charge in [0, 0.05) is 24.6 Å². The average Bonchev–Trinajstić information content (AvgIpc) is 2.45. The molecule has 0 radical (unpaired) electrons. The van der Waals surface area contributed by atoms with E-state index in [4.69, 9.17) is 5.11 Å². The molecule has 0 amide bonds. The molecular weight excluding hydrogens is 290 g/mol. The normalized spacial score (nSPS) is 13.4. The molecule has 0 aliphatic carbocycles. The number of sulfonamides is 1. The van der Waals surface area contributed by atoms with Crippen molar-refractivity contribution < 1.29 is 18.3 Å². The van der Waals surface area contributed by atoms with E-state index >= 15 is 0 Å². The molecule has 0 aliphatic rings. The third kappa shape index (κ3) is 4.91. The Balaban J connectivity index is 3.04. The van der Waals surface area contributed by atoms with Crippen molar-refractivity contribution in [3.8, 4) is 0 Å². The van der Waals surface area contributed by atoms with Crippen molar-refractivity contribution in [3.63, 3.8) is 0 Å². The molecule has 0 saturated heterocycles. The number of Topliss-reactive ketones (excluding diaryl/α,β-unsaturated/α-hetero) is 1. The Morgan fingerprint density at radius 2 is 2.00 bits per heavy atom. The molecule has 1 atom stereocenters. The van der Waals surface area contributed by atoms with Gasteiger partial charge in [0.25, 0.3) is 0 Å². The molecule has 1 rings (SSSR count). The summed E-state index contributed by atoms with van der Waals surface area (Å²) in [6.07, 6.45) is 0.681. The second kappa shape index (κ2) is 7.68. The lowest BCUT2D eigenvalue weighted by Crippen LogP contribution is -2.39. The lowest BCUT2D eigenvalue weighted by Gasteiger charge is -2.21. The highest BCUT2D eigenvalue weighted by Crippen LogP contribution is 2.16.